The van der Waals surface area contributed by atoms with Gasteiger partial charge in [-0.15, -0.1) is 0 Å². The maximum absolute atomic E-state index is 11.8. The van der Waals surface area contributed by atoms with Crippen LogP contribution in [0.5, 0.6) is 0 Å². The zero-order chi connectivity index (χ0) is 10.1. The average Bonchev–Trinajstić information content (AvgIpc) is 2.34. The van der Waals surface area contributed by atoms with Crippen molar-refractivity contribution in [1.82, 2.24) is 14.8 Å². The molecule has 2 N–H and O–H groups in total. The normalized spacial score (nSPS) is 14.5. The maximum atomic E-state index is 11.8. The van der Waals surface area contributed by atoms with Gasteiger partial charge in [-0.3, -0.25) is 4.57 Å². The summed E-state index contributed by atoms with van der Waals surface area (Å²) >= 11 is 0. The number of aliphatic hydroxyl groups excluding tert-OH is 1. The van der Waals surface area contributed by atoms with Crippen LogP contribution in [-0.4, -0.2) is 32.2 Å². The highest BCUT2D eigenvalue weighted by Gasteiger charge is 2.38. The van der Waals surface area contributed by atoms with Crippen LogP contribution in [0.15, 0.2) is 11.1 Å². The van der Waals surface area contributed by atoms with E-state index in [1.54, 1.807) is 0 Å². The van der Waals surface area contributed by atoms with Gasteiger partial charge in [0.05, 0.1) is 6.54 Å². The largest absolute Gasteiger partial charge is 0.416 e. The van der Waals surface area contributed by atoms with Gasteiger partial charge in [0.2, 0.25) is 0 Å². The maximum Gasteiger partial charge on any atom is 0.416 e. The van der Waals surface area contributed by atoms with Gasteiger partial charge >= 0.3 is 11.9 Å². The molecule has 0 aliphatic rings. The average molecular weight is 197 g/mol. The van der Waals surface area contributed by atoms with Crippen LogP contribution in [0.3, 0.4) is 0 Å². The zero-order valence-corrected chi connectivity index (χ0v) is 6.25. The second-order valence-electron chi connectivity index (χ2n) is 2.37. The third-order valence-corrected chi connectivity index (χ3v) is 1.37. The lowest BCUT2D eigenvalue weighted by Crippen LogP contribution is -2.35. The third kappa shape index (κ3) is 2.31. The zero-order valence-electron chi connectivity index (χ0n) is 6.25. The summed E-state index contributed by atoms with van der Waals surface area (Å²) in [5.41, 5.74) is -0.789. The summed E-state index contributed by atoms with van der Waals surface area (Å²) in [5, 5.41) is 13.7. The summed E-state index contributed by atoms with van der Waals surface area (Å²) in [5.74, 6) is 0. The van der Waals surface area contributed by atoms with Crippen LogP contribution in [0.2, 0.25) is 0 Å². The monoisotopic (exact) mass is 197 g/mol. The standard InChI is InChI=1S/C5H6F3N3O2/c6-5(7,8)3(12)1-11-2-9-10-4(11)13/h2-3,12H,1H2,(H,10,13). The minimum absolute atomic E-state index is 0.637. The second-order valence-corrected chi connectivity index (χ2v) is 2.37. The van der Waals surface area contributed by atoms with E-state index in [0.717, 1.165) is 6.33 Å². The van der Waals surface area contributed by atoms with E-state index in [0.29, 0.717) is 4.57 Å². The van der Waals surface area contributed by atoms with E-state index in [4.69, 9.17) is 5.11 Å². The van der Waals surface area contributed by atoms with Crippen molar-refractivity contribution in [3.05, 3.63) is 16.8 Å². The second kappa shape index (κ2) is 3.21. The van der Waals surface area contributed by atoms with Gasteiger partial charge < -0.3 is 5.11 Å². The van der Waals surface area contributed by atoms with Crippen molar-refractivity contribution in [3.8, 4) is 0 Å². The Bertz CT molecular complexity index is 328. The number of H-pyrrole nitrogens is 1. The molecular weight excluding hydrogens is 191 g/mol. The molecule has 13 heavy (non-hydrogen) atoms. The number of hydrogen-bond acceptors (Lipinski definition) is 3. The minimum atomic E-state index is -4.73. The Hall–Kier alpha value is -1.31. The Morgan fingerprint density at radius 1 is 1.69 bits per heavy atom. The SMILES string of the molecule is O=c1[nH]ncn1CC(O)C(F)(F)F. The van der Waals surface area contributed by atoms with E-state index in [1.807, 2.05) is 5.10 Å². The van der Waals surface area contributed by atoms with Crippen molar-refractivity contribution in [2.45, 2.75) is 18.8 Å². The van der Waals surface area contributed by atoms with Gasteiger partial charge in [0.1, 0.15) is 6.33 Å². The number of alkyl halides is 3. The quantitative estimate of drug-likeness (QED) is 0.671. The molecule has 5 nitrogen and oxygen atoms in total. The molecule has 0 aliphatic heterocycles. The Balaban J connectivity index is 2.71. The number of nitrogens with one attached hydrogen (secondary N) is 1. The van der Waals surface area contributed by atoms with Crippen molar-refractivity contribution in [2.24, 2.45) is 0 Å². The van der Waals surface area contributed by atoms with Crippen molar-refractivity contribution < 1.29 is 18.3 Å². The van der Waals surface area contributed by atoms with Crippen LogP contribution in [0.4, 0.5) is 13.2 Å². The van der Waals surface area contributed by atoms with E-state index in [-0.39, 0.29) is 0 Å². The molecule has 0 bridgehead atoms. The number of nitrogens with zero attached hydrogens (tertiary/aromatic N) is 2. The van der Waals surface area contributed by atoms with Gasteiger partial charge in [0.25, 0.3) is 0 Å². The van der Waals surface area contributed by atoms with E-state index < -0.39 is 24.5 Å². The molecule has 0 amide bonds. The molecule has 1 aromatic rings. The first-order valence-corrected chi connectivity index (χ1v) is 3.26. The lowest BCUT2D eigenvalue weighted by atomic mass is 10.3. The topological polar surface area (TPSA) is 70.9 Å². The van der Waals surface area contributed by atoms with Gasteiger partial charge in [-0.05, 0) is 0 Å². The fraction of sp³-hybridized carbons (Fsp3) is 0.600. The molecular formula is C5H6F3N3O2. The first kappa shape index (κ1) is 9.78. The number of hydrogen-bond donors (Lipinski definition) is 2. The molecule has 0 saturated heterocycles. The summed E-state index contributed by atoms with van der Waals surface area (Å²) in [6.45, 7) is -0.848. The summed E-state index contributed by atoms with van der Waals surface area (Å²) in [4.78, 5) is 10.6. The van der Waals surface area contributed by atoms with Crippen LogP contribution in [-0.2, 0) is 6.54 Å². The lowest BCUT2D eigenvalue weighted by molar-refractivity contribution is -0.207. The third-order valence-electron chi connectivity index (χ3n) is 1.37. The summed E-state index contributed by atoms with van der Waals surface area (Å²) in [6, 6.07) is 0. The molecule has 0 fully saturated rings. The highest BCUT2D eigenvalue weighted by Crippen LogP contribution is 2.20. The molecule has 1 heterocycles. The smallest absolute Gasteiger partial charge is 0.382 e. The van der Waals surface area contributed by atoms with E-state index in [1.165, 1.54) is 0 Å². The number of aliphatic hydroxyl groups is 1. The van der Waals surface area contributed by atoms with Crippen molar-refractivity contribution >= 4 is 0 Å². The fourth-order valence-electron chi connectivity index (χ4n) is 0.690. The Kier molecular flexibility index (Phi) is 2.41. The Morgan fingerprint density at radius 3 is 2.69 bits per heavy atom. The highest BCUT2D eigenvalue weighted by atomic mass is 19.4. The molecule has 0 radical (unpaired) electrons. The predicted octanol–water partition coefficient (Wildman–Crippen LogP) is -0.505. The van der Waals surface area contributed by atoms with Crippen LogP contribution in [0.1, 0.15) is 0 Å². The number of aromatic nitrogens is 3. The summed E-state index contributed by atoms with van der Waals surface area (Å²) < 4.78 is 36.0. The molecule has 1 aromatic heterocycles. The lowest BCUT2D eigenvalue weighted by Gasteiger charge is -2.13. The molecule has 1 unspecified atom stereocenters. The number of rotatable bonds is 2. The highest BCUT2D eigenvalue weighted by molar-refractivity contribution is 4.70. The van der Waals surface area contributed by atoms with Crippen LogP contribution in [0, 0.1) is 0 Å². The van der Waals surface area contributed by atoms with Crippen molar-refractivity contribution in [3.63, 3.8) is 0 Å². The summed E-state index contributed by atoms with van der Waals surface area (Å²) in [7, 11) is 0. The van der Waals surface area contributed by atoms with Gasteiger partial charge in [0.15, 0.2) is 6.10 Å². The minimum Gasteiger partial charge on any atom is -0.382 e. The van der Waals surface area contributed by atoms with Crippen LogP contribution >= 0.6 is 0 Å². The number of halogens is 3. The first-order valence-electron chi connectivity index (χ1n) is 3.26. The van der Waals surface area contributed by atoms with Gasteiger partial charge in [-0.25, -0.2) is 9.89 Å². The predicted molar refractivity (Wildman–Crippen MR) is 34.9 cm³/mol. The van der Waals surface area contributed by atoms with Crippen molar-refractivity contribution in [2.75, 3.05) is 0 Å². The van der Waals surface area contributed by atoms with Crippen LogP contribution in [0.25, 0.3) is 0 Å². The van der Waals surface area contributed by atoms with Crippen LogP contribution < -0.4 is 5.69 Å². The van der Waals surface area contributed by atoms with E-state index >= 15 is 0 Å². The van der Waals surface area contributed by atoms with Gasteiger partial charge in [0, 0.05) is 0 Å². The molecule has 0 aromatic carbocycles. The molecule has 0 aliphatic carbocycles. The molecule has 1 atom stereocenters. The molecule has 0 spiro atoms. The van der Waals surface area contributed by atoms with E-state index in [9.17, 15) is 18.0 Å². The first-order chi connectivity index (χ1) is 5.91. The molecule has 74 valence electrons. The van der Waals surface area contributed by atoms with Crippen molar-refractivity contribution in [1.29, 1.82) is 0 Å². The van der Waals surface area contributed by atoms with Gasteiger partial charge in [-0.1, -0.05) is 0 Å². The Labute approximate surface area is 69.8 Å². The fourth-order valence-corrected chi connectivity index (χ4v) is 0.690. The molecule has 1 rings (SSSR count). The molecule has 0 saturated carbocycles. The Morgan fingerprint density at radius 2 is 2.31 bits per heavy atom. The summed E-state index contributed by atoms with van der Waals surface area (Å²) in [6.07, 6.45) is -6.39. The van der Waals surface area contributed by atoms with E-state index in [2.05, 4.69) is 5.10 Å². The molecule has 8 heteroatoms. The number of aromatic amines is 1. The van der Waals surface area contributed by atoms with Gasteiger partial charge in [-0.2, -0.15) is 18.3 Å².